The number of aromatic nitrogens is 4. The van der Waals surface area contributed by atoms with E-state index >= 15 is 0 Å². The van der Waals surface area contributed by atoms with Crippen molar-refractivity contribution in [1.29, 1.82) is 0 Å². The van der Waals surface area contributed by atoms with E-state index in [1.807, 2.05) is 55.5 Å². The van der Waals surface area contributed by atoms with Crippen LogP contribution < -0.4 is 0 Å². The summed E-state index contributed by atoms with van der Waals surface area (Å²) in [5.41, 5.74) is 4.06. The smallest absolute Gasteiger partial charge is 0.306 e. The molecule has 2 aromatic carbocycles. The normalized spacial score (nSPS) is 11.1. The quantitative estimate of drug-likeness (QED) is 0.362. The van der Waals surface area contributed by atoms with E-state index in [0.717, 1.165) is 16.7 Å². The van der Waals surface area contributed by atoms with E-state index in [2.05, 4.69) is 34.2 Å². The summed E-state index contributed by atoms with van der Waals surface area (Å²) < 4.78 is 16.0. The molecule has 0 amide bonds. The van der Waals surface area contributed by atoms with Crippen LogP contribution in [-0.2, 0) is 22.6 Å². The highest BCUT2D eigenvalue weighted by Crippen LogP contribution is 2.21. The fourth-order valence-corrected chi connectivity index (χ4v) is 3.04. The Labute approximate surface area is 185 Å². The highest BCUT2D eigenvalue weighted by molar-refractivity contribution is 5.69. The summed E-state index contributed by atoms with van der Waals surface area (Å²) in [5.74, 6) is 1.53. The lowest BCUT2D eigenvalue weighted by Crippen LogP contribution is -2.06. The maximum Gasteiger partial charge on any atom is 0.306 e. The molecule has 0 saturated heterocycles. The molecule has 0 fully saturated rings. The van der Waals surface area contributed by atoms with Crippen LogP contribution in [0.3, 0.4) is 0 Å². The molecule has 4 rings (SSSR count). The van der Waals surface area contributed by atoms with Crippen molar-refractivity contribution in [2.45, 2.75) is 46.1 Å². The van der Waals surface area contributed by atoms with E-state index in [9.17, 15) is 4.79 Å². The van der Waals surface area contributed by atoms with Crippen LogP contribution in [0.15, 0.2) is 57.5 Å². The molecule has 0 saturated carbocycles. The van der Waals surface area contributed by atoms with Gasteiger partial charge in [0.05, 0.1) is 6.42 Å². The highest BCUT2D eigenvalue weighted by Gasteiger charge is 2.14. The van der Waals surface area contributed by atoms with E-state index in [0.29, 0.717) is 23.5 Å². The Kier molecular flexibility index (Phi) is 6.39. The summed E-state index contributed by atoms with van der Waals surface area (Å²) in [6.45, 7) is 6.19. The first-order chi connectivity index (χ1) is 15.5. The van der Waals surface area contributed by atoms with Crippen LogP contribution in [0.4, 0.5) is 0 Å². The number of hydrogen-bond acceptors (Lipinski definition) is 8. The molecule has 0 unspecified atom stereocenters. The van der Waals surface area contributed by atoms with Gasteiger partial charge >= 0.3 is 5.97 Å². The number of rotatable bonds is 8. The third-order valence-corrected chi connectivity index (χ3v) is 4.97. The molecule has 0 bridgehead atoms. The second-order valence-electron chi connectivity index (χ2n) is 7.82. The molecule has 8 heteroatoms. The van der Waals surface area contributed by atoms with Gasteiger partial charge in [-0.05, 0) is 30.5 Å². The Hall–Kier alpha value is -3.81. The van der Waals surface area contributed by atoms with Crippen molar-refractivity contribution in [2.75, 3.05) is 0 Å². The summed E-state index contributed by atoms with van der Waals surface area (Å²) in [5, 5.41) is 12.0. The van der Waals surface area contributed by atoms with Crippen LogP contribution in [0.1, 0.15) is 49.1 Å². The molecule has 0 atom stereocenters. The van der Waals surface area contributed by atoms with Gasteiger partial charge < -0.3 is 13.7 Å². The van der Waals surface area contributed by atoms with Crippen LogP contribution in [0, 0.1) is 6.92 Å². The van der Waals surface area contributed by atoms with Crippen LogP contribution in [0.2, 0.25) is 0 Å². The van der Waals surface area contributed by atoms with Gasteiger partial charge in [-0.3, -0.25) is 4.79 Å². The summed E-state index contributed by atoms with van der Waals surface area (Å²) in [6, 6.07) is 15.8. The number of ether oxygens (including phenoxy) is 1. The molecule has 2 heterocycles. The van der Waals surface area contributed by atoms with Gasteiger partial charge in [0.15, 0.2) is 6.61 Å². The molecule has 32 heavy (non-hydrogen) atoms. The Balaban J connectivity index is 1.26. The van der Waals surface area contributed by atoms with Crippen LogP contribution in [0.5, 0.6) is 0 Å². The predicted octanol–water partition coefficient (Wildman–Crippen LogP) is 4.89. The molecule has 4 aromatic rings. The molecule has 0 radical (unpaired) electrons. The van der Waals surface area contributed by atoms with E-state index in [-0.39, 0.29) is 25.3 Å². The fourth-order valence-electron chi connectivity index (χ4n) is 3.04. The van der Waals surface area contributed by atoms with Crippen LogP contribution in [0.25, 0.3) is 22.8 Å². The summed E-state index contributed by atoms with van der Waals surface area (Å²) in [4.78, 5) is 16.4. The lowest BCUT2D eigenvalue weighted by atomic mass is 10.0. The zero-order valence-corrected chi connectivity index (χ0v) is 18.2. The fraction of sp³-hybridized carbons (Fsp3) is 0.292. The molecular formula is C24H24N4O4. The maximum absolute atomic E-state index is 12.1. The zero-order chi connectivity index (χ0) is 22.5. The molecule has 0 aliphatic carbocycles. The summed E-state index contributed by atoms with van der Waals surface area (Å²) in [6.07, 6.45) is 0.391. The molecule has 2 aromatic heterocycles. The lowest BCUT2D eigenvalue weighted by molar-refractivity contribution is -0.145. The van der Waals surface area contributed by atoms with Crippen LogP contribution in [-0.4, -0.2) is 26.3 Å². The largest absolute Gasteiger partial charge is 0.456 e. The topological polar surface area (TPSA) is 104 Å². The van der Waals surface area contributed by atoms with Crippen molar-refractivity contribution < 1.29 is 18.5 Å². The molecular weight excluding hydrogens is 408 g/mol. The van der Waals surface area contributed by atoms with E-state index < -0.39 is 5.97 Å². The third-order valence-electron chi connectivity index (χ3n) is 4.97. The number of hydrogen-bond donors (Lipinski definition) is 0. The van der Waals surface area contributed by atoms with Gasteiger partial charge in [0.25, 0.3) is 5.89 Å². The Morgan fingerprint density at radius 1 is 0.969 bits per heavy atom. The highest BCUT2D eigenvalue weighted by atomic mass is 16.6. The van der Waals surface area contributed by atoms with Gasteiger partial charge in [-0.1, -0.05) is 61.0 Å². The third kappa shape index (κ3) is 5.26. The van der Waals surface area contributed by atoms with Crippen molar-refractivity contribution in [3.63, 3.8) is 0 Å². The Morgan fingerprint density at radius 2 is 1.69 bits per heavy atom. The van der Waals surface area contributed by atoms with E-state index in [1.54, 1.807) is 0 Å². The average molecular weight is 432 g/mol. The second kappa shape index (κ2) is 9.55. The molecule has 8 nitrogen and oxygen atoms in total. The van der Waals surface area contributed by atoms with Gasteiger partial charge in [-0.2, -0.15) is 4.98 Å². The van der Waals surface area contributed by atoms with E-state index in [4.69, 9.17) is 13.7 Å². The standard InChI is InChI=1S/C24H24N4O4/c1-15(2)17-8-10-18(11-9-17)23-25-21(32-28-23)14-30-22(29)13-12-20-26-27-24(31-20)19-6-4-16(3)5-7-19/h4-11,15H,12-14H2,1-3H3. The van der Waals surface area contributed by atoms with Gasteiger partial charge in [0.1, 0.15) is 0 Å². The second-order valence-corrected chi connectivity index (χ2v) is 7.82. The predicted molar refractivity (Wildman–Crippen MR) is 116 cm³/mol. The maximum atomic E-state index is 12.1. The Morgan fingerprint density at radius 3 is 2.41 bits per heavy atom. The number of aryl methyl sites for hydroxylation is 2. The minimum atomic E-state index is -0.416. The van der Waals surface area contributed by atoms with Gasteiger partial charge in [0.2, 0.25) is 17.6 Å². The van der Waals surface area contributed by atoms with Crippen molar-refractivity contribution >= 4 is 5.97 Å². The number of esters is 1. The lowest BCUT2D eigenvalue weighted by Gasteiger charge is -2.04. The summed E-state index contributed by atoms with van der Waals surface area (Å²) in [7, 11) is 0. The minimum absolute atomic E-state index is 0.0889. The average Bonchev–Trinajstić information content (AvgIpc) is 3.47. The number of carbonyl (C=O) groups is 1. The molecule has 0 spiro atoms. The SMILES string of the molecule is Cc1ccc(-c2nnc(CCC(=O)OCc3nc(-c4ccc(C(C)C)cc4)no3)o2)cc1. The van der Waals surface area contributed by atoms with Gasteiger partial charge in [0, 0.05) is 17.5 Å². The molecule has 0 aliphatic heterocycles. The monoisotopic (exact) mass is 432 g/mol. The zero-order valence-electron chi connectivity index (χ0n) is 18.2. The van der Waals surface area contributed by atoms with Crippen molar-refractivity contribution in [1.82, 2.24) is 20.3 Å². The number of benzene rings is 2. The molecule has 164 valence electrons. The molecule has 0 N–H and O–H groups in total. The van der Waals surface area contributed by atoms with Crippen molar-refractivity contribution in [3.8, 4) is 22.8 Å². The van der Waals surface area contributed by atoms with Crippen molar-refractivity contribution in [3.05, 3.63) is 71.4 Å². The van der Waals surface area contributed by atoms with E-state index in [1.165, 1.54) is 5.56 Å². The first-order valence-electron chi connectivity index (χ1n) is 10.5. The minimum Gasteiger partial charge on any atom is -0.456 e. The van der Waals surface area contributed by atoms with Gasteiger partial charge in [-0.25, -0.2) is 0 Å². The molecule has 0 aliphatic rings. The number of carbonyl (C=O) groups excluding carboxylic acids is 1. The summed E-state index contributed by atoms with van der Waals surface area (Å²) >= 11 is 0. The first-order valence-corrected chi connectivity index (χ1v) is 10.5. The number of nitrogens with zero attached hydrogens (tertiary/aromatic N) is 4. The Bertz CT molecular complexity index is 1180. The van der Waals surface area contributed by atoms with Gasteiger partial charge in [-0.15, -0.1) is 10.2 Å². The first kappa shape index (κ1) is 21.4. The van der Waals surface area contributed by atoms with Crippen molar-refractivity contribution in [2.24, 2.45) is 0 Å². The van der Waals surface area contributed by atoms with Crippen LogP contribution >= 0.6 is 0 Å².